The lowest BCUT2D eigenvalue weighted by molar-refractivity contribution is -0.463. The zero-order chi connectivity index (χ0) is 28.7. The van der Waals surface area contributed by atoms with Crippen LogP contribution in [0.25, 0.3) is 0 Å². The maximum atomic E-state index is 14.2. The third kappa shape index (κ3) is 5.30. The molecule has 0 spiro atoms. The number of halogens is 17. The van der Waals surface area contributed by atoms with E-state index in [1.165, 1.54) is 6.92 Å². The molecule has 0 aromatic heterocycles. The first-order chi connectivity index (χ1) is 15.1. The van der Waals surface area contributed by atoms with Gasteiger partial charge in [-0.25, -0.2) is 4.72 Å². The van der Waals surface area contributed by atoms with Gasteiger partial charge >= 0.3 is 47.6 Å². The number of rotatable bonds is 13. The molecule has 0 aromatic rings. The molecular formula is C14H13F17NO2S-. The summed E-state index contributed by atoms with van der Waals surface area (Å²) in [6.07, 6.45) is -10.0. The third-order valence-electron chi connectivity index (χ3n) is 4.61. The van der Waals surface area contributed by atoms with Crippen LogP contribution in [0.3, 0.4) is 0 Å². The molecule has 212 valence electrons. The largest absolute Gasteiger partial charge is 0.760 e. The van der Waals surface area contributed by atoms with E-state index >= 15 is 0 Å². The number of unbranched alkanes of at least 4 members (excludes halogenated alkanes) is 1. The van der Waals surface area contributed by atoms with E-state index in [9.17, 15) is 83.4 Å². The molecule has 0 aliphatic rings. The van der Waals surface area contributed by atoms with Crippen LogP contribution in [0.1, 0.15) is 26.2 Å². The van der Waals surface area contributed by atoms with Crippen LogP contribution < -0.4 is 4.72 Å². The summed E-state index contributed by atoms with van der Waals surface area (Å²) in [5, 5.41) is 0. The molecule has 0 aromatic carbocycles. The predicted molar refractivity (Wildman–Crippen MR) is 80.6 cm³/mol. The number of hydrogen-bond acceptors (Lipinski definition) is 2. The molecule has 0 aliphatic heterocycles. The van der Waals surface area contributed by atoms with Gasteiger partial charge in [-0.15, -0.1) is 0 Å². The summed E-state index contributed by atoms with van der Waals surface area (Å²) < 4.78 is 248. The average molecular weight is 582 g/mol. The van der Waals surface area contributed by atoms with Crippen molar-refractivity contribution in [1.82, 2.24) is 4.72 Å². The molecular weight excluding hydrogens is 569 g/mol. The monoisotopic (exact) mass is 582 g/mol. The smallest absolute Gasteiger partial charge is 0.460 e. The molecule has 0 rings (SSSR count). The van der Waals surface area contributed by atoms with E-state index in [0.29, 0.717) is 0 Å². The van der Waals surface area contributed by atoms with Crippen LogP contribution in [0.2, 0.25) is 0 Å². The fourth-order valence-corrected chi connectivity index (χ4v) is 2.80. The Morgan fingerprint density at radius 3 is 1.31 bits per heavy atom. The van der Waals surface area contributed by atoms with Gasteiger partial charge in [-0.05, 0) is 6.42 Å². The van der Waals surface area contributed by atoms with E-state index in [4.69, 9.17) is 0 Å². The van der Waals surface area contributed by atoms with E-state index < -0.39 is 84.2 Å². The van der Waals surface area contributed by atoms with Gasteiger partial charge in [-0.3, -0.25) is 4.21 Å². The van der Waals surface area contributed by atoms with Crippen molar-refractivity contribution in [3.05, 3.63) is 0 Å². The van der Waals surface area contributed by atoms with E-state index in [0.717, 1.165) is 4.72 Å². The predicted octanol–water partition coefficient (Wildman–Crippen LogP) is 6.19. The van der Waals surface area contributed by atoms with Crippen molar-refractivity contribution < 1.29 is 83.4 Å². The highest BCUT2D eigenvalue weighted by molar-refractivity contribution is 7.77. The molecule has 3 nitrogen and oxygen atoms in total. The number of hydrogen-bond donors (Lipinski definition) is 1. The summed E-state index contributed by atoms with van der Waals surface area (Å²) in [6, 6.07) is 0. The van der Waals surface area contributed by atoms with Crippen LogP contribution in [-0.4, -0.2) is 62.9 Å². The Hall–Kier alpha value is -1.12. The fourth-order valence-electron chi connectivity index (χ4n) is 2.46. The molecule has 0 fully saturated rings. The molecule has 0 amide bonds. The van der Waals surface area contributed by atoms with Gasteiger partial charge in [-0.2, -0.15) is 74.6 Å². The summed E-state index contributed by atoms with van der Waals surface area (Å²) in [6.45, 7) is -0.752. The van der Waals surface area contributed by atoms with Crippen molar-refractivity contribution in [2.45, 2.75) is 73.8 Å². The molecule has 35 heavy (non-hydrogen) atoms. The number of alkyl halides is 17. The maximum absolute atomic E-state index is 14.2. The first-order valence-electron chi connectivity index (χ1n) is 8.67. The lowest BCUT2D eigenvalue weighted by Crippen LogP contribution is -2.75. The highest BCUT2D eigenvalue weighted by Crippen LogP contribution is 2.64. The standard InChI is InChI=1S/C14H14F17NO2S/c1-2-3-4-6(5-32-35(33)34)7(15,16)8(17,18)9(19,20)10(21,22)11(23,24)12(25,26)13(27,28)14(29,30)31/h6,32H,2-5H2,1H3,(H,33,34)/p-1. The third-order valence-corrected chi connectivity index (χ3v) is 5.02. The Bertz CT molecular complexity index is 752. The average Bonchev–Trinajstić information content (AvgIpc) is 2.65. The normalized spacial score (nSPS) is 17.5. The summed E-state index contributed by atoms with van der Waals surface area (Å²) in [5.74, 6) is -60.4. The van der Waals surface area contributed by atoms with Crippen LogP contribution in [0.4, 0.5) is 74.6 Å². The van der Waals surface area contributed by atoms with Gasteiger partial charge in [0.15, 0.2) is 0 Å². The Labute approximate surface area is 186 Å². The zero-order valence-electron chi connectivity index (χ0n) is 16.6. The minimum atomic E-state index is -8.70. The molecule has 0 saturated heterocycles. The summed E-state index contributed by atoms with van der Waals surface area (Å²) in [4.78, 5) is 0. The van der Waals surface area contributed by atoms with Gasteiger partial charge in [0, 0.05) is 23.7 Å². The molecule has 0 aliphatic carbocycles. The number of nitrogens with one attached hydrogen (secondary N) is 1. The molecule has 0 bridgehead atoms. The molecule has 0 saturated carbocycles. The summed E-state index contributed by atoms with van der Waals surface area (Å²) >= 11 is -3.56. The van der Waals surface area contributed by atoms with Crippen molar-refractivity contribution in [3.63, 3.8) is 0 Å². The second-order valence-corrected chi connectivity index (χ2v) is 7.75. The van der Waals surface area contributed by atoms with Gasteiger partial charge in [0.1, 0.15) is 0 Å². The molecule has 1 N–H and O–H groups in total. The first-order valence-corrected chi connectivity index (χ1v) is 9.74. The Kier molecular flexibility index (Phi) is 9.66. The second kappa shape index (κ2) is 9.97. The van der Waals surface area contributed by atoms with E-state index in [1.54, 1.807) is 0 Å². The van der Waals surface area contributed by atoms with E-state index in [-0.39, 0.29) is 6.42 Å². The van der Waals surface area contributed by atoms with Crippen molar-refractivity contribution >= 4 is 11.3 Å². The molecule has 2 unspecified atom stereocenters. The fraction of sp³-hybridized carbons (Fsp3) is 1.00. The van der Waals surface area contributed by atoms with Crippen molar-refractivity contribution in [2.75, 3.05) is 6.54 Å². The molecule has 21 heteroatoms. The van der Waals surface area contributed by atoms with Crippen molar-refractivity contribution in [2.24, 2.45) is 5.92 Å². The minimum Gasteiger partial charge on any atom is -0.760 e. The van der Waals surface area contributed by atoms with Crippen molar-refractivity contribution in [3.8, 4) is 0 Å². The Morgan fingerprint density at radius 1 is 0.657 bits per heavy atom. The van der Waals surface area contributed by atoms with Crippen LogP contribution in [0, 0.1) is 5.92 Å². The summed E-state index contributed by atoms with van der Waals surface area (Å²) in [7, 11) is 0. The van der Waals surface area contributed by atoms with Gasteiger partial charge in [-0.1, -0.05) is 19.8 Å². The van der Waals surface area contributed by atoms with Crippen molar-refractivity contribution in [1.29, 1.82) is 0 Å². The van der Waals surface area contributed by atoms with E-state index in [2.05, 4.69) is 0 Å². The maximum Gasteiger partial charge on any atom is 0.460 e. The SMILES string of the molecule is CCCCC(CNS(=O)[O-])C(F)(F)C(F)(F)C(F)(F)C(F)(F)C(F)(F)C(F)(F)C(F)(F)C(F)(F)F. The lowest BCUT2D eigenvalue weighted by atomic mass is 9.83. The zero-order valence-corrected chi connectivity index (χ0v) is 17.4. The van der Waals surface area contributed by atoms with E-state index in [1.807, 2.05) is 0 Å². The van der Waals surface area contributed by atoms with Crippen LogP contribution >= 0.6 is 0 Å². The topological polar surface area (TPSA) is 52.2 Å². The van der Waals surface area contributed by atoms with Crippen LogP contribution in [0.5, 0.6) is 0 Å². The lowest BCUT2D eigenvalue weighted by Gasteiger charge is -2.44. The first kappa shape index (κ1) is 33.9. The molecule has 0 radical (unpaired) electrons. The Balaban J connectivity index is 6.77. The molecule has 0 heterocycles. The van der Waals surface area contributed by atoms with Gasteiger partial charge in [0.2, 0.25) is 0 Å². The quantitative estimate of drug-likeness (QED) is 0.208. The highest BCUT2D eigenvalue weighted by Gasteiger charge is 2.95. The van der Waals surface area contributed by atoms with Gasteiger partial charge < -0.3 is 4.55 Å². The highest BCUT2D eigenvalue weighted by atomic mass is 32.2. The van der Waals surface area contributed by atoms with Crippen LogP contribution in [-0.2, 0) is 11.3 Å². The minimum absolute atomic E-state index is 0.206. The summed E-state index contributed by atoms with van der Waals surface area (Å²) in [5.41, 5.74) is 0. The second-order valence-electron chi connectivity index (χ2n) is 6.99. The van der Waals surface area contributed by atoms with Gasteiger partial charge in [0.25, 0.3) is 0 Å². The van der Waals surface area contributed by atoms with Gasteiger partial charge in [0.05, 0.1) is 0 Å². The van der Waals surface area contributed by atoms with Crippen LogP contribution in [0.15, 0.2) is 0 Å². The molecule has 2 atom stereocenters. The Morgan fingerprint density at radius 2 is 1.00 bits per heavy atom.